The topological polar surface area (TPSA) is 12.9 Å². The average Bonchev–Trinajstić information content (AvgIpc) is 2.44. The van der Waals surface area contributed by atoms with Gasteiger partial charge in [-0.05, 0) is 29.3 Å². The fourth-order valence-corrected chi connectivity index (χ4v) is 1.94. The highest BCUT2D eigenvalue weighted by molar-refractivity contribution is 5.69. The highest BCUT2D eigenvalue weighted by Crippen LogP contribution is 2.40. The molecule has 0 aliphatic rings. The number of halogens is 9. The highest BCUT2D eigenvalue weighted by atomic mass is 19.4. The van der Waals surface area contributed by atoms with Crippen LogP contribution in [-0.4, -0.2) is 4.98 Å². The van der Waals surface area contributed by atoms with E-state index in [1.807, 2.05) is 0 Å². The summed E-state index contributed by atoms with van der Waals surface area (Å²) >= 11 is 0. The van der Waals surface area contributed by atoms with E-state index < -0.39 is 46.5 Å². The summed E-state index contributed by atoms with van der Waals surface area (Å²) in [6.07, 6.45) is -15.0. The van der Waals surface area contributed by atoms with Crippen LogP contribution < -0.4 is 0 Å². The van der Waals surface area contributed by atoms with Crippen molar-refractivity contribution in [1.29, 1.82) is 0 Å². The van der Waals surface area contributed by atoms with E-state index in [9.17, 15) is 39.5 Å². The number of alkyl halides is 9. The number of rotatable bonds is 1. The molecule has 0 radical (unpaired) electrons. The molecule has 0 atom stereocenters. The van der Waals surface area contributed by atoms with Gasteiger partial charge in [-0.25, -0.2) is 0 Å². The van der Waals surface area contributed by atoms with Gasteiger partial charge in [0, 0.05) is 6.20 Å². The summed E-state index contributed by atoms with van der Waals surface area (Å²) in [6, 6.07) is 2.71. The molecule has 0 bridgehead atoms. The predicted octanol–water partition coefficient (Wildman–Crippen LogP) is 5.81. The molecule has 0 spiro atoms. The SMILES string of the molecule is FC(F)(F)c1cccc(-c2cc(C(F)(F)F)ncc2C(F)(F)F)c1. The Morgan fingerprint density at radius 2 is 1.33 bits per heavy atom. The van der Waals surface area contributed by atoms with Gasteiger partial charge in [-0.1, -0.05) is 12.1 Å². The molecular formula is C14H6F9N. The van der Waals surface area contributed by atoms with Crippen molar-refractivity contribution < 1.29 is 39.5 Å². The summed E-state index contributed by atoms with van der Waals surface area (Å²) in [5.41, 5.74) is -6.16. The average molecular weight is 359 g/mol. The van der Waals surface area contributed by atoms with Crippen LogP contribution in [0.15, 0.2) is 36.5 Å². The summed E-state index contributed by atoms with van der Waals surface area (Å²) in [5, 5.41) is 0. The first-order chi connectivity index (χ1) is 10.8. The molecule has 0 N–H and O–H groups in total. The van der Waals surface area contributed by atoms with Crippen molar-refractivity contribution in [3.8, 4) is 11.1 Å². The van der Waals surface area contributed by atoms with E-state index >= 15 is 0 Å². The van der Waals surface area contributed by atoms with E-state index in [0.717, 1.165) is 12.1 Å². The van der Waals surface area contributed by atoms with Crippen molar-refractivity contribution in [1.82, 2.24) is 4.98 Å². The second kappa shape index (κ2) is 5.67. The Balaban J connectivity index is 2.71. The van der Waals surface area contributed by atoms with E-state index in [2.05, 4.69) is 4.98 Å². The van der Waals surface area contributed by atoms with Crippen LogP contribution in [0, 0.1) is 0 Å². The lowest BCUT2D eigenvalue weighted by Crippen LogP contribution is -2.13. The van der Waals surface area contributed by atoms with Crippen LogP contribution in [-0.2, 0) is 18.5 Å². The van der Waals surface area contributed by atoms with Crippen LogP contribution in [0.5, 0.6) is 0 Å². The summed E-state index contributed by atoms with van der Waals surface area (Å²) in [4.78, 5) is 2.71. The van der Waals surface area contributed by atoms with Crippen LogP contribution in [0.1, 0.15) is 16.8 Å². The molecule has 1 nitrogen and oxygen atoms in total. The summed E-state index contributed by atoms with van der Waals surface area (Å²) in [7, 11) is 0. The van der Waals surface area contributed by atoms with Gasteiger partial charge >= 0.3 is 18.5 Å². The van der Waals surface area contributed by atoms with Crippen molar-refractivity contribution in [2.24, 2.45) is 0 Å². The maximum absolute atomic E-state index is 13.0. The zero-order chi connectivity index (χ0) is 18.3. The van der Waals surface area contributed by atoms with Crippen LogP contribution in [0.25, 0.3) is 11.1 Å². The van der Waals surface area contributed by atoms with Crippen molar-refractivity contribution in [3.05, 3.63) is 53.3 Å². The molecule has 0 amide bonds. The first-order valence-corrected chi connectivity index (χ1v) is 6.12. The normalized spacial score (nSPS) is 13.2. The largest absolute Gasteiger partial charge is 0.433 e. The van der Waals surface area contributed by atoms with E-state index in [0.29, 0.717) is 12.1 Å². The van der Waals surface area contributed by atoms with E-state index in [-0.39, 0.29) is 12.3 Å². The van der Waals surface area contributed by atoms with Gasteiger partial charge in [0.2, 0.25) is 0 Å². The summed E-state index contributed by atoms with van der Waals surface area (Å²) in [6.45, 7) is 0. The molecule has 1 aromatic heterocycles. The monoisotopic (exact) mass is 359 g/mol. The van der Waals surface area contributed by atoms with Gasteiger partial charge in [-0.3, -0.25) is 4.98 Å². The highest BCUT2D eigenvalue weighted by Gasteiger charge is 2.39. The molecule has 10 heteroatoms. The van der Waals surface area contributed by atoms with Gasteiger partial charge in [0.1, 0.15) is 5.69 Å². The number of benzene rings is 1. The molecule has 0 fully saturated rings. The zero-order valence-corrected chi connectivity index (χ0v) is 11.3. The number of hydrogen-bond donors (Lipinski definition) is 0. The van der Waals surface area contributed by atoms with E-state index in [1.165, 1.54) is 0 Å². The van der Waals surface area contributed by atoms with Crippen molar-refractivity contribution in [2.75, 3.05) is 0 Å². The maximum Gasteiger partial charge on any atom is 0.433 e. The van der Waals surface area contributed by atoms with Crippen molar-refractivity contribution in [3.63, 3.8) is 0 Å². The molecule has 0 aliphatic heterocycles. The van der Waals surface area contributed by atoms with Crippen molar-refractivity contribution >= 4 is 0 Å². The van der Waals surface area contributed by atoms with Gasteiger partial charge in [-0.2, -0.15) is 39.5 Å². The third-order valence-electron chi connectivity index (χ3n) is 3.00. The second-order valence-corrected chi connectivity index (χ2v) is 4.69. The Hall–Kier alpha value is -2.26. The minimum Gasteiger partial charge on any atom is -0.251 e. The Morgan fingerprint density at radius 3 is 1.83 bits per heavy atom. The quantitative estimate of drug-likeness (QED) is 0.586. The lowest BCUT2D eigenvalue weighted by molar-refractivity contribution is -0.144. The fourth-order valence-electron chi connectivity index (χ4n) is 1.94. The standard InChI is InChI=1S/C14H6F9N/c15-12(16,17)8-3-1-2-7(4-8)9-5-11(14(21,22)23)24-6-10(9)13(18,19)20/h1-6H. The Labute approximate surface area is 128 Å². The molecule has 2 aromatic rings. The minimum atomic E-state index is -5.08. The molecule has 24 heavy (non-hydrogen) atoms. The van der Waals surface area contributed by atoms with Crippen LogP contribution in [0.2, 0.25) is 0 Å². The first kappa shape index (κ1) is 18.1. The Bertz CT molecular complexity index is 741. The first-order valence-electron chi connectivity index (χ1n) is 6.12. The number of aromatic nitrogens is 1. The second-order valence-electron chi connectivity index (χ2n) is 4.69. The van der Waals surface area contributed by atoms with Gasteiger partial charge in [0.05, 0.1) is 11.1 Å². The zero-order valence-electron chi connectivity index (χ0n) is 11.3. The number of hydrogen-bond acceptors (Lipinski definition) is 1. The smallest absolute Gasteiger partial charge is 0.251 e. The molecule has 2 rings (SSSR count). The number of nitrogens with zero attached hydrogens (tertiary/aromatic N) is 1. The van der Waals surface area contributed by atoms with E-state index in [4.69, 9.17) is 0 Å². The molecule has 130 valence electrons. The van der Waals surface area contributed by atoms with Crippen LogP contribution in [0.4, 0.5) is 39.5 Å². The molecule has 0 saturated carbocycles. The lowest BCUT2D eigenvalue weighted by Gasteiger charge is -2.16. The van der Waals surface area contributed by atoms with E-state index in [1.54, 1.807) is 0 Å². The Morgan fingerprint density at radius 1 is 0.708 bits per heavy atom. The van der Waals surface area contributed by atoms with Gasteiger partial charge in [-0.15, -0.1) is 0 Å². The number of pyridine rings is 1. The van der Waals surface area contributed by atoms with Crippen LogP contribution >= 0.6 is 0 Å². The molecule has 1 aromatic carbocycles. The summed E-state index contributed by atoms with van der Waals surface area (Å²) in [5.74, 6) is 0. The third kappa shape index (κ3) is 3.80. The van der Waals surface area contributed by atoms with Gasteiger partial charge < -0.3 is 0 Å². The van der Waals surface area contributed by atoms with Crippen LogP contribution in [0.3, 0.4) is 0 Å². The molecule has 1 heterocycles. The molecule has 0 unspecified atom stereocenters. The summed E-state index contributed by atoms with van der Waals surface area (Å²) < 4.78 is 115. The maximum atomic E-state index is 13.0. The minimum absolute atomic E-state index is 0.0432. The van der Waals surface area contributed by atoms with Gasteiger partial charge in [0.15, 0.2) is 0 Å². The predicted molar refractivity (Wildman–Crippen MR) is 64.7 cm³/mol. The van der Waals surface area contributed by atoms with Crippen molar-refractivity contribution in [2.45, 2.75) is 18.5 Å². The molecular weight excluding hydrogens is 353 g/mol. The van der Waals surface area contributed by atoms with Gasteiger partial charge in [0.25, 0.3) is 0 Å². The fraction of sp³-hybridized carbons (Fsp3) is 0.214. The molecule has 0 aliphatic carbocycles. The Kier molecular flexibility index (Phi) is 4.28. The third-order valence-corrected chi connectivity index (χ3v) is 3.00. The lowest BCUT2D eigenvalue weighted by atomic mass is 9.98. The molecule has 0 saturated heterocycles.